The number of thioether (sulfide) groups is 1. The molecular weight excluding hydrogens is 200 g/mol. The van der Waals surface area contributed by atoms with Gasteiger partial charge in [0.05, 0.1) is 6.61 Å². The molecule has 0 aliphatic rings. The van der Waals surface area contributed by atoms with Crippen molar-refractivity contribution >= 4 is 17.7 Å². The average Bonchev–Trinajstić information content (AvgIpc) is 2.53. The predicted octanol–water partition coefficient (Wildman–Crippen LogP) is 2.50. The Bertz CT molecular complexity index is 293. The van der Waals surface area contributed by atoms with E-state index >= 15 is 0 Å². The Labute approximate surface area is 87.8 Å². The minimum Gasteiger partial charge on any atom is -0.466 e. The van der Waals surface area contributed by atoms with E-state index in [1.54, 1.807) is 18.7 Å². The molecule has 1 aromatic heterocycles. The molecule has 14 heavy (non-hydrogen) atoms. The number of ether oxygens (including phenoxy) is 1. The Morgan fingerprint density at radius 2 is 2.29 bits per heavy atom. The average molecular weight is 214 g/mol. The number of rotatable bonds is 5. The summed E-state index contributed by atoms with van der Waals surface area (Å²) in [7, 11) is 0. The number of furan rings is 1. The fourth-order valence-corrected chi connectivity index (χ4v) is 1.64. The minimum atomic E-state index is -0.241. The first-order valence-electron chi connectivity index (χ1n) is 4.63. The van der Waals surface area contributed by atoms with Gasteiger partial charge in [0.1, 0.15) is 12.2 Å². The fourth-order valence-electron chi connectivity index (χ4n) is 1.03. The lowest BCUT2D eigenvalue weighted by Gasteiger charge is -1.98. The molecule has 0 amide bonds. The van der Waals surface area contributed by atoms with Gasteiger partial charge in [-0.15, -0.1) is 0 Å². The van der Waals surface area contributed by atoms with Crippen molar-refractivity contribution < 1.29 is 13.9 Å². The first-order chi connectivity index (χ1) is 6.76. The third-order valence-electron chi connectivity index (χ3n) is 1.55. The maximum atomic E-state index is 11.1. The SMILES string of the molecule is CCOC(=O)Cc1ccc(SCC)o1. The molecule has 0 aromatic carbocycles. The van der Waals surface area contributed by atoms with Gasteiger partial charge in [-0.05, 0) is 24.8 Å². The monoisotopic (exact) mass is 214 g/mol. The first-order valence-corrected chi connectivity index (χ1v) is 5.62. The molecule has 0 radical (unpaired) electrons. The van der Waals surface area contributed by atoms with E-state index in [2.05, 4.69) is 6.92 Å². The molecule has 0 bridgehead atoms. The summed E-state index contributed by atoms with van der Waals surface area (Å²) < 4.78 is 10.2. The van der Waals surface area contributed by atoms with Crippen LogP contribution in [-0.2, 0) is 16.0 Å². The third kappa shape index (κ3) is 3.46. The van der Waals surface area contributed by atoms with Gasteiger partial charge in [0.15, 0.2) is 5.09 Å². The second-order valence-corrected chi connectivity index (χ2v) is 3.90. The van der Waals surface area contributed by atoms with E-state index in [1.165, 1.54) is 0 Å². The van der Waals surface area contributed by atoms with Crippen molar-refractivity contribution in [3.8, 4) is 0 Å². The summed E-state index contributed by atoms with van der Waals surface area (Å²) in [4.78, 5) is 11.1. The third-order valence-corrected chi connectivity index (χ3v) is 2.34. The molecule has 78 valence electrons. The highest BCUT2D eigenvalue weighted by atomic mass is 32.2. The Kier molecular flexibility index (Phi) is 4.59. The smallest absolute Gasteiger partial charge is 0.313 e. The predicted molar refractivity (Wildman–Crippen MR) is 55.4 cm³/mol. The molecule has 4 heteroatoms. The van der Waals surface area contributed by atoms with Gasteiger partial charge in [-0.2, -0.15) is 0 Å². The maximum Gasteiger partial charge on any atom is 0.313 e. The lowest BCUT2D eigenvalue weighted by Crippen LogP contribution is -2.06. The summed E-state index contributed by atoms with van der Waals surface area (Å²) in [5, 5.41) is 0.854. The Balaban J connectivity index is 2.46. The van der Waals surface area contributed by atoms with Gasteiger partial charge in [0.2, 0.25) is 0 Å². The molecule has 1 heterocycles. The molecule has 0 aliphatic heterocycles. The molecule has 0 spiro atoms. The van der Waals surface area contributed by atoms with Crippen molar-refractivity contribution in [1.82, 2.24) is 0 Å². The van der Waals surface area contributed by atoms with Crippen molar-refractivity contribution in [2.24, 2.45) is 0 Å². The van der Waals surface area contributed by atoms with Crippen molar-refractivity contribution in [3.63, 3.8) is 0 Å². The molecule has 1 rings (SSSR count). The highest BCUT2D eigenvalue weighted by Gasteiger charge is 2.08. The van der Waals surface area contributed by atoms with Crippen LogP contribution in [0.4, 0.5) is 0 Å². The van der Waals surface area contributed by atoms with Crippen LogP contribution in [0.5, 0.6) is 0 Å². The van der Waals surface area contributed by atoms with Gasteiger partial charge in [-0.1, -0.05) is 18.7 Å². The zero-order chi connectivity index (χ0) is 10.4. The first kappa shape index (κ1) is 11.2. The summed E-state index contributed by atoms with van der Waals surface area (Å²) in [5.41, 5.74) is 0. The lowest BCUT2D eigenvalue weighted by molar-refractivity contribution is -0.142. The van der Waals surface area contributed by atoms with Crippen LogP contribution in [-0.4, -0.2) is 18.3 Å². The van der Waals surface area contributed by atoms with Crippen LogP contribution in [0, 0.1) is 0 Å². The normalized spacial score (nSPS) is 10.1. The Hall–Kier alpha value is -0.900. The van der Waals surface area contributed by atoms with Crippen molar-refractivity contribution in [2.45, 2.75) is 25.4 Å². The van der Waals surface area contributed by atoms with Crippen molar-refractivity contribution in [1.29, 1.82) is 0 Å². The van der Waals surface area contributed by atoms with E-state index in [1.807, 2.05) is 12.1 Å². The molecule has 0 aliphatic carbocycles. The quantitative estimate of drug-likeness (QED) is 0.557. The molecule has 0 saturated heterocycles. The van der Waals surface area contributed by atoms with Crippen molar-refractivity contribution in [2.75, 3.05) is 12.4 Å². The van der Waals surface area contributed by atoms with Gasteiger partial charge in [0, 0.05) is 0 Å². The van der Waals surface area contributed by atoms with E-state index in [9.17, 15) is 4.79 Å². The molecule has 0 unspecified atom stereocenters. The summed E-state index contributed by atoms with van der Waals surface area (Å²) >= 11 is 1.62. The highest BCUT2D eigenvalue weighted by molar-refractivity contribution is 7.99. The summed E-state index contributed by atoms with van der Waals surface area (Å²) in [6.07, 6.45) is 0.220. The second-order valence-electron chi connectivity index (χ2n) is 2.64. The van der Waals surface area contributed by atoms with Crippen LogP contribution in [0.25, 0.3) is 0 Å². The Morgan fingerprint density at radius 3 is 2.93 bits per heavy atom. The second kappa shape index (κ2) is 5.75. The highest BCUT2D eigenvalue weighted by Crippen LogP contribution is 2.20. The van der Waals surface area contributed by atoms with Crippen LogP contribution in [0.2, 0.25) is 0 Å². The van der Waals surface area contributed by atoms with Crippen LogP contribution in [0.15, 0.2) is 21.6 Å². The summed E-state index contributed by atoms with van der Waals surface area (Å²) in [5.74, 6) is 1.39. The van der Waals surface area contributed by atoms with Gasteiger partial charge < -0.3 is 9.15 Å². The number of esters is 1. The molecule has 3 nitrogen and oxygen atoms in total. The van der Waals surface area contributed by atoms with Crippen molar-refractivity contribution in [3.05, 3.63) is 17.9 Å². The van der Waals surface area contributed by atoms with Crippen LogP contribution in [0.1, 0.15) is 19.6 Å². The number of hydrogen-bond acceptors (Lipinski definition) is 4. The number of hydrogen-bond donors (Lipinski definition) is 0. The number of carbonyl (C=O) groups excluding carboxylic acids is 1. The molecule has 0 saturated carbocycles. The zero-order valence-corrected chi connectivity index (χ0v) is 9.23. The minimum absolute atomic E-state index is 0.220. The van der Waals surface area contributed by atoms with Gasteiger partial charge in [-0.25, -0.2) is 0 Å². The molecule has 0 atom stereocenters. The van der Waals surface area contributed by atoms with E-state index in [-0.39, 0.29) is 12.4 Å². The topological polar surface area (TPSA) is 39.4 Å². The van der Waals surface area contributed by atoms with Gasteiger partial charge >= 0.3 is 5.97 Å². The summed E-state index contributed by atoms with van der Waals surface area (Å²) in [6, 6.07) is 3.69. The summed E-state index contributed by atoms with van der Waals surface area (Å²) in [6.45, 7) is 4.26. The van der Waals surface area contributed by atoms with E-state index in [0.29, 0.717) is 12.4 Å². The molecule has 0 fully saturated rings. The molecular formula is C10H14O3S. The molecule has 0 N–H and O–H groups in total. The maximum absolute atomic E-state index is 11.1. The van der Waals surface area contributed by atoms with Crippen LogP contribution in [0.3, 0.4) is 0 Å². The van der Waals surface area contributed by atoms with E-state index < -0.39 is 0 Å². The van der Waals surface area contributed by atoms with Gasteiger partial charge in [-0.3, -0.25) is 4.79 Å². The number of carbonyl (C=O) groups is 1. The van der Waals surface area contributed by atoms with Crippen LogP contribution < -0.4 is 0 Å². The standard InChI is InChI=1S/C10H14O3S/c1-3-12-9(11)7-8-5-6-10(13-8)14-4-2/h5-6H,3-4,7H2,1-2H3. The lowest BCUT2D eigenvalue weighted by atomic mass is 10.3. The largest absolute Gasteiger partial charge is 0.466 e. The zero-order valence-electron chi connectivity index (χ0n) is 8.41. The Morgan fingerprint density at radius 1 is 1.50 bits per heavy atom. The van der Waals surface area contributed by atoms with Crippen LogP contribution >= 0.6 is 11.8 Å². The fraction of sp³-hybridized carbons (Fsp3) is 0.500. The van der Waals surface area contributed by atoms with E-state index in [0.717, 1.165) is 10.8 Å². The van der Waals surface area contributed by atoms with Gasteiger partial charge in [0.25, 0.3) is 0 Å². The van der Waals surface area contributed by atoms with E-state index in [4.69, 9.17) is 9.15 Å². The molecule has 1 aromatic rings.